The average molecular weight is 306 g/mol. The first-order valence-corrected chi connectivity index (χ1v) is 8.44. The zero-order chi connectivity index (χ0) is 15.4. The molecule has 0 bridgehead atoms. The number of carbonyl (C=O) groups excluding carboxylic acids is 2. The van der Waals surface area contributed by atoms with Crippen molar-refractivity contribution in [2.45, 2.75) is 33.2 Å². The van der Waals surface area contributed by atoms with Crippen LogP contribution >= 0.6 is 11.8 Å². The summed E-state index contributed by atoms with van der Waals surface area (Å²) in [4.78, 5) is 26.5. The molecule has 1 heterocycles. The maximum Gasteiger partial charge on any atom is 0.248 e. The van der Waals surface area contributed by atoms with Crippen LogP contribution in [0.4, 0.5) is 5.69 Å². The molecule has 4 nitrogen and oxygen atoms in total. The minimum atomic E-state index is -0.364. The molecule has 0 spiro atoms. The summed E-state index contributed by atoms with van der Waals surface area (Å²) in [7, 11) is 0. The van der Waals surface area contributed by atoms with E-state index in [4.69, 9.17) is 0 Å². The van der Waals surface area contributed by atoms with Crippen molar-refractivity contribution in [2.75, 3.05) is 16.9 Å². The Morgan fingerprint density at radius 1 is 1.48 bits per heavy atom. The lowest BCUT2D eigenvalue weighted by molar-refractivity contribution is -0.139. The van der Waals surface area contributed by atoms with Gasteiger partial charge in [0.15, 0.2) is 0 Å². The van der Waals surface area contributed by atoms with Gasteiger partial charge in [-0.1, -0.05) is 26.0 Å². The van der Waals surface area contributed by atoms with E-state index in [1.165, 1.54) is 0 Å². The molecule has 0 radical (unpaired) electrons. The van der Waals surface area contributed by atoms with Crippen molar-refractivity contribution in [3.63, 3.8) is 0 Å². The van der Waals surface area contributed by atoms with Crippen molar-refractivity contribution in [1.29, 1.82) is 0 Å². The van der Waals surface area contributed by atoms with E-state index in [2.05, 4.69) is 5.32 Å². The van der Waals surface area contributed by atoms with Gasteiger partial charge in [0.2, 0.25) is 11.8 Å². The first-order valence-electron chi connectivity index (χ1n) is 7.28. The molecule has 0 aromatic heterocycles. The van der Waals surface area contributed by atoms with Gasteiger partial charge in [-0.3, -0.25) is 9.59 Å². The van der Waals surface area contributed by atoms with Crippen LogP contribution in [0, 0.1) is 12.8 Å². The zero-order valence-electron chi connectivity index (χ0n) is 12.8. The summed E-state index contributed by atoms with van der Waals surface area (Å²) >= 11 is 1.63. The number of amides is 2. The Morgan fingerprint density at radius 3 is 2.90 bits per heavy atom. The summed E-state index contributed by atoms with van der Waals surface area (Å²) in [6.45, 7) is 5.90. The third-order valence-electron chi connectivity index (χ3n) is 3.79. The molecule has 1 N–H and O–H groups in total. The van der Waals surface area contributed by atoms with E-state index in [9.17, 15) is 9.59 Å². The van der Waals surface area contributed by atoms with E-state index in [1.807, 2.05) is 45.0 Å². The van der Waals surface area contributed by atoms with Crippen molar-refractivity contribution >= 4 is 29.3 Å². The van der Waals surface area contributed by atoms with Crippen LogP contribution < -0.4 is 5.32 Å². The van der Waals surface area contributed by atoms with Crippen molar-refractivity contribution in [2.24, 2.45) is 5.92 Å². The number of nitrogens with zero attached hydrogens (tertiary/aromatic N) is 1. The lowest BCUT2D eigenvalue weighted by atomic mass is 10.1. The Morgan fingerprint density at radius 2 is 2.24 bits per heavy atom. The van der Waals surface area contributed by atoms with Crippen molar-refractivity contribution < 1.29 is 9.59 Å². The second-order valence-electron chi connectivity index (χ2n) is 5.49. The topological polar surface area (TPSA) is 49.4 Å². The minimum Gasteiger partial charge on any atom is -0.324 e. The molecule has 2 unspecified atom stereocenters. The number of benzene rings is 1. The zero-order valence-corrected chi connectivity index (χ0v) is 13.6. The summed E-state index contributed by atoms with van der Waals surface area (Å²) in [5.41, 5.74) is 1.88. The Hall–Kier alpha value is -1.49. The van der Waals surface area contributed by atoms with Gasteiger partial charge in [-0.05, 0) is 31.0 Å². The van der Waals surface area contributed by atoms with Crippen LogP contribution in [0.5, 0.6) is 0 Å². The van der Waals surface area contributed by atoms with Gasteiger partial charge < -0.3 is 10.2 Å². The van der Waals surface area contributed by atoms with Gasteiger partial charge in [0.1, 0.15) is 6.04 Å². The van der Waals surface area contributed by atoms with E-state index in [1.54, 1.807) is 16.7 Å². The average Bonchev–Trinajstić information content (AvgIpc) is 2.95. The van der Waals surface area contributed by atoms with E-state index in [0.717, 1.165) is 17.7 Å². The summed E-state index contributed by atoms with van der Waals surface area (Å²) in [6.07, 6.45) is 0.798. The SMILES string of the molecule is CCC(C)C(=O)N1CSCC1C(=O)Nc1cccc(C)c1. The normalized spacial score (nSPS) is 19.4. The second kappa shape index (κ2) is 6.98. The molecule has 1 aliphatic heterocycles. The largest absolute Gasteiger partial charge is 0.324 e. The molecular formula is C16H22N2O2S. The summed E-state index contributed by atoms with van der Waals surface area (Å²) in [5.74, 6) is 1.22. The van der Waals surface area contributed by atoms with Gasteiger partial charge in [0.25, 0.3) is 0 Å². The standard InChI is InChI=1S/C16H22N2O2S/c1-4-12(3)16(20)18-10-21-9-14(18)15(19)17-13-7-5-6-11(2)8-13/h5-8,12,14H,4,9-10H2,1-3H3,(H,17,19). The third kappa shape index (κ3) is 3.79. The Bertz CT molecular complexity index is 533. The highest BCUT2D eigenvalue weighted by molar-refractivity contribution is 7.99. The molecule has 21 heavy (non-hydrogen) atoms. The first kappa shape index (κ1) is 15.9. The van der Waals surface area contributed by atoms with Crippen LogP contribution in [-0.4, -0.2) is 34.4 Å². The molecule has 5 heteroatoms. The lowest BCUT2D eigenvalue weighted by Crippen LogP contribution is -2.46. The van der Waals surface area contributed by atoms with Crippen LogP contribution in [0.15, 0.2) is 24.3 Å². The van der Waals surface area contributed by atoms with E-state index in [0.29, 0.717) is 11.6 Å². The van der Waals surface area contributed by atoms with E-state index >= 15 is 0 Å². The number of anilines is 1. The number of hydrogen-bond acceptors (Lipinski definition) is 3. The van der Waals surface area contributed by atoms with Crippen molar-refractivity contribution in [3.05, 3.63) is 29.8 Å². The molecule has 2 rings (SSSR count). The highest BCUT2D eigenvalue weighted by atomic mass is 32.2. The fourth-order valence-electron chi connectivity index (χ4n) is 2.28. The molecule has 1 fully saturated rings. The quantitative estimate of drug-likeness (QED) is 0.930. The summed E-state index contributed by atoms with van der Waals surface area (Å²) in [6, 6.07) is 7.34. The van der Waals surface area contributed by atoms with E-state index in [-0.39, 0.29) is 23.8 Å². The number of thioether (sulfide) groups is 1. The molecule has 1 aliphatic rings. The van der Waals surface area contributed by atoms with Gasteiger partial charge in [0.05, 0.1) is 5.88 Å². The molecule has 1 saturated heterocycles. The maximum atomic E-state index is 12.4. The van der Waals surface area contributed by atoms with Gasteiger partial charge in [-0.15, -0.1) is 11.8 Å². The first-order chi connectivity index (χ1) is 10.0. The van der Waals surface area contributed by atoms with Gasteiger partial charge in [-0.25, -0.2) is 0 Å². The minimum absolute atomic E-state index is 0.0297. The summed E-state index contributed by atoms with van der Waals surface area (Å²) in [5, 5.41) is 2.92. The third-order valence-corrected chi connectivity index (χ3v) is 4.80. The predicted molar refractivity (Wildman–Crippen MR) is 87.2 cm³/mol. The van der Waals surface area contributed by atoms with Crippen LogP contribution in [0.25, 0.3) is 0 Å². The highest BCUT2D eigenvalue weighted by Gasteiger charge is 2.35. The maximum absolute atomic E-state index is 12.4. The molecule has 1 aromatic carbocycles. The molecule has 2 atom stereocenters. The van der Waals surface area contributed by atoms with Crippen molar-refractivity contribution in [3.8, 4) is 0 Å². The van der Waals surface area contributed by atoms with Gasteiger partial charge in [0, 0.05) is 17.4 Å². The lowest BCUT2D eigenvalue weighted by Gasteiger charge is -2.25. The van der Waals surface area contributed by atoms with Crippen LogP contribution in [0.3, 0.4) is 0 Å². The molecule has 2 amide bonds. The number of aryl methyl sites for hydroxylation is 1. The number of rotatable bonds is 4. The monoisotopic (exact) mass is 306 g/mol. The smallest absolute Gasteiger partial charge is 0.248 e. The molecule has 114 valence electrons. The fraction of sp³-hybridized carbons (Fsp3) is 0.500. The summed E-state index contributed by atoms with van der Waals surface area (Å²) < 4.78 is 0. The van der Waals surface area contributed by atoms with Gasteiger partial charge >= 0.3 is 0 Å². The number of carbonyl (C=O) groups is 2. The molecule has 0 saturated carbocycles. The Kier molecular flexibility index (Phi) is 5.28. The molecule has 0 aliphatic carbocycles. The highest BCUT2D eigenvalue weighted by Crippen LogP contribution is 2.25. The van der Waals surface area contributed by atoms with Crippen LogP contribution in [0.1, 0.15) is 25.8 Å². The van der Waals surface area contributed by atoms with Crippen LogP contribution in [-0.2, 0) is 9.59 Å². The Balaban J connectivity index is 2.05. The number of hydrogen-bond donors (Lipinski definition) is 1. The van der Waals surface area contributed by atoms with Gasteiger partial charge in [-0.2, -0.15) is 0 Å². The Labute approximate surface area is 130 Å². The number of nitrogens with one attached hydrogen (secondary N) is 1. The van der Waals surface area contributed by atoms with E-state index < -0.39 is 0 Å². The fourth-order valence-corrected chi connectivity index (χ4v) is 3.45. The molecule has 1 aromatic rings. The van der Waals surface area contributed by atoms with Crippen molar-refractivity contribution in [1.82, 2.24) is 4.90 Å². The van der Waals surface area contributed by atoms with Crippen LogP contribution in [0.2, 0.25) is 0 Å². The molecular weight excluding hydrogens is 284 g/mol. The second-order valence-corrected chi connectivity index (χ2v) is 6.49. The predicted octanol–water partition coefficient (Wildman–Crippen LogP) is 2.88.